The van der Waals surface area contributed by atoms with Crippen LogP contribution in [0.3, 0.4) is 0 Å². The van der Waals surface area contributed by atoms with Crippen molar-refractivity contribution in [3.8, 4) is 10.6 Å². The molecule has 0 N–H and O–H groups in total. The molecule has 0 aliphatic carbocycles. The summed E-state index contributed by atoms with van der Waals surface area (Å²) in [6.07, 6.45) is 0.899. The Kier molecular flexibility index (Phi) is 4.76. The van der Waals surface area contributed by atoms with Gasteiger partial charge in [0.1, 0.15) is 5.01 Å². The monoisotopic (exact) mass is 306 g/mol. The lowest BCUT2D eigenvalue weighted by molar-refractivity contribution is 1.00. The van der Waals surface area contributed by atoms with E-state index in [2.05, 4.69) is 58.7 Å². The maximum Gasteiger partial charge on any atom is 0.123 e. The highest BCUT2D eigenvalue weighted by atomic mass is 32.1. The molecule has 0 aliphatic heterocycles. The lowest BCUT2D eigenvalue weighted by Gasteiger charge is -2.00. The normalized spacial score (nSPS) is 11.6. The lowest BCUT2D eigenvalue weighted by Crippen LogP contribution is -1.98. The molecule has 22 heavy (non-hydrogen) atoms. The minimum Gasteiger partial charge on any atom is -0.288 e. The minimum absolute atomic E-state index is 0.655. The van der Waals surface area contributed by atoms with Gasteiger partial charge in [0, 0.05) is 23.1 Å². The van der Waals surface area contributed by atoms with E-state index >= 15 is 0 Å². The molecule has 0 spiro atoms. The standard InChI is InChI=1S/C19H18N2S/c1-15(12-16-8-4-2-5-9-16)20-13-18-14-22-19(21-18)17-10-6-3-7-11-17/h2-11,14H,12-13H2,1H3. The molecule has 110 valence electrons. The van der Waals surface area contributed by atoms with Crippen LogP contribution in [0.2, 0.25) is 0 Å². The Bertz CT molecular complexity index is 745. The van der Waals surface area contributed by atoms with Gasteiger partial charge >= 0.3 is 0 Å². The molecule has 3 rings (SSSR count). The number of aromatic nitrogens is 1. The SMILES string of the molecule is CC(Cc1ccccc1)=NCc1csc(-c2ccccc2)n1. The van der Waals surface area contributed by atoms with Gasteiger partial charge in [-0.3, -0.25) is 4.99 Å². The zero-order valence-electron chi connectivity index (χ0n) is 12.6. The summed E-state index contributed by atoms with van der Waals surface area (Å²) in [4.78, 5) is 9.33. The first kappa shape index (κ1) is 14.7. The van der Waals surface area contributed by atoms with Crippen molar-refractivity contribution >= 4 is 17.0 Å². The molecule has 0 fully saturated rings. The zero-order chi connectivity index (χ0) is 15.2. The maximum atomic E-state index is 4.67. The molecule has 1 heterocycles. The lowest BCUT2D eigenvalue weighted by atomic mass is 10.1. The Balaban J connectivity index is 1.64. The van der Waals surface area contributed by atoms with Gasteiger partial charge in [0.25, 0.3) is 0 Å². The summed E-state index contributed by atoms with van der Waals surface area (Å²) in [5, 5.41) is 3.16. The molecule has 0 atom stereocenters. The molecule has 0 radical (unpaired) electrons. The van der Waals surface area contributed by atoms with E-state index in [4.69, 9.17) is 0 Å². The van der Waals surface area contributed by atoms with Crippen LogP contribution in [0.25, 0.3) is 10.6 Å². The number of nitrogens with zero attached hydrogens (tertiary/aromatic N) is 2. The fourth-order valence-corrected chi connectivity index (χ4v) is 3.07. The van der Waals surface area contributed by atoms with Crippen molar-refractivity contribution in [2.45, 2.75) is 19.9 Å². The molecule has 0 saturated carbocycles. The van der Waals surface area contributed by atoms with Crippen LogP contribution in [0.1, 0.15) is 18.2 Å². The average Bonchev–Trinajstić information content (AvgIpc) is 3.04. The number of aliphatic imine (C=N–C) groups is 1. The average molecular weight is 306 g/mol. The quantitative estimate of drug-likeness (QED) is 0.608. The van der Waals surface area contributed by atoms with Crippen LogP contribution in [0, 0.1) is 0 Å². The molecule has 3 heteroatoms. The highest BCUT2D eigenvalue weighted by molar-refractivity contribution is 7.13. The molecule has 3 aromatic rings. The van der Waals surface area contributed by atoms with Crippen LogP contribution in [-0.2, 0) is 13.0 Å². The molecular weight excluding hydrogens is 288 g/mol. The first-order chi connectivity index (χ1) is 10.8. The Morgan fingerprint density at radius 3 is 2.41 bits per heavy atom. The topological polar surface area (TPSA) is 25.2 Å². The molecule has 0 saturated heterocycles. The molecule has 0 aliphatic rings. The van der Waals surface area contributed by atoms with Gasteiger partial charge in [0.2, 0.25) is 0 Å². The van der Waals surface area contributed by atoms with E-state index in [0.717, 1.165) is 22.8 Å². The Hall–Kier alpha value is -2.26. The number of benzene rings is 2. The molecule has 2 nitrogen and oxygen atoms in total. The zero-order valence-corrected chi connectivity index (χ0v) is 13.4. The van der Waals surface area contributed by atoms with E-state index in [-0.39, 0.29) is 0 Å². The number of thiazole rings is 1. The number of rotatable bonds is 5. The number of hydrogen-bond donors (Lipinski definition) is 0. The summed E-state index contributed by atoms with van der Waals surface area (Å²) in [6, 6.07) is 20.7. The van der Waals surface area contributed by atoms with E-state index in [1.54, 1.807) is 11.3 Å². The van der Waals surface area contributed by atoms with Crippen molar-refractivity contribution in [3.63, 3.8) is 0 Å². The van der Waals surface area contributed by atoms with Crippen LogP contribution >= 0.6 is 11.3 Å². The van der Waals surface area contributed by atoms with Gasteiger partial charge in [-0.15, -0.1) is 11.3 Å². The summed E-state index contributed by atoms with van der Waals surface area (Å²) >= 11 is 1.68. The summed E-state index contributed by atoms with van der Waals surface area (Å²) in [7, 11) is 0. The smallest absolute Gasteiger partial charge is 0.123 e. The Morgan fingerprint density at radius 1 is 1.00 bits per heavy atom. The van der Waals surface area contributed by atoms with Crippen LogP contribution in [-0.4, -0.2) is 10.7 Å². The largest absolute Gasteiger partial charge is 0.288 e. The predicted octanol–water partition coefficient (Wildman–Crippen LogP) is 5.01. The first-order valence-corrected chi connectivity index (χ1v) is 8.23. The summed E-state index contributed by atoms with van der Waals surface area (Å²) < 4.78 is 0. The summed E-state index contributed by atoms with van der Waals surface area (Å²) in [5.41, 5.74) is 4.65. The van der Waals surface area contributed by atoms with Gasteiger partial charge in [-0.05, 0) is 12.5 Å². The van der Waals surface area contributed by atoms with Gasteiger partial charge in [-0.25, -0.2) is 4.98 Å². The third-order valence-corrected chi connectivity index (χ3v) is 4.33. The molecule has 1 aromatic heterocycles. The first-order valence-electron chi connectivity index (χ1n) is 7.35. The summed E-state index contributed by atoms with van der Waals surface area (Å²) in [6.45, 7) is 2.74. The van der Waals surface area contributed by atoms with Crippen molar-refractivity contribution < 1.29 is 0 Å². The Labute approximate surface area is 135 Å². The summed E-state index contributed by atoms with van der Waals surface area (Å²) in [5.74, 6) is 0. The highest BCUT2D eigenvalue weighted by Crippen LogP contribution is 2.23. The van der Waals surface area contributed by atoms with Crippen molar-refractivity contribution in [1.82, 2.24) is 4.98 Å². The van der Waals surface area contributed by atoms with E-state index < -0.39 is 0 Å². The Morgan fingerprint density at radius 2 is 1.68 bits per heavy atom. The highest BCUT2D eigenvalue weighted by Gasteiger charge is 2.04. The predicted molar refractivity (Wildman–Crippen MR) is 94.5 cm³/mol. The molecule has 0 unspecified atom stereocenters. The van der Waals surface area contributed by atoms with Crippen LogP contribution in [0.5, 0.6) is 0 Å². The molecular formula is C19H18N2S. The van der Waals surface area contributed by atoms with E-state index in [1.807, 2.05) is 24.3 Å². The van der Waals surface area contributed by atoms with Gasteiger partial charge in [-0.1, -0.05) is 60.7 Å². The second-order valence-corrected chi connectivity index (χ2v) is 6.08. The van der Waals surface area contributed by atoms with E-state index in [0.29, 0.717) is 6.54 Å². The molecule has 0 bridgehead atoms. The minimum atomic E-state index is 0.655. The van der Waals surface area contributed by atoms with E-state index in [1.165, 1.54) is 11.1 Å². The number of hydrogen-bond acceptors (Lipinski definition) is 3. The van der Waals surface area contributed by atoms with Crippen LogP contribution in [0.15, 0.2) is 71.0 Å². The van der Waals surface area contributed by atoms with Crippen molar-refractivity contribution in [2.75, 3.05) is 0 Å². The third-order valence-electron chi connectivity index (χ3n) is 3.39. The van der Waals surface area contributed by atoms with Crippen LogP contribution in [0.4, 0.5) is 0 Å². The van der Waals surface area contributed by atoms with Crippen molar-refractivity contribution in [1.29, 1.82) is 0 Å². The maximum absolute atomic E-state index is 4.67. The molecule has 2 aromatic carbocycles. The van der Waals surface area contributed by atoms with Gasteiger partial charge in [0.15, 0.2) is 0 Å². The second kappa shape index (κ2) is 7.14. The third kappa shape index (κ3) is 3.89. The van der Waals surface area contributed by atoms with Crippen molar-refractivity contribution in [3.05, 3.63) is 77.3 Å². The second-order valence-electron chi connectivity index (χ2n) is 5.22. The van der Waals surface area contributed by atoms with E-state index in [9.17, 15) is 0 Å². The van der Waals surface area contributed by atoms with Gasteiger partial charge < -0.3 is 0 Å². The molecule has 0 amide bonds. The van der Waals surface area contributed by atoms with Crippen LogP contribution < -0.4 is 0 Å². The van der Waals surface area contributed by atoms with Crippen molar-refractivity contribution in [2.24, 2.45) is 4.99 Å². The van der Waals surface area contributed by atoms with Gasteiger partial charge in [0.05, 0.1) is 12.2 Å². The fourth-order valence-electron chi connectivity index (χ4n) is 2.26. The fraction of sp³-hybridized carbons (Fsp3) is 0.158. The van der Waals surface area contributed by atoms with Gasteiger partial charge in [-0.2, -0.15) is 0 Å².